The van der Waals surface area contributed by atoms with Gasteiger partial charge in [-0.1, -0.05) is 184 Å². The van der Waals surface area contributed by atoms with Gasteiger partial charge in [0.15, 0.2) is 0 Å². The zero-order chi connectivity index (χ0) is 40.5. The van der Waals surface area contributed by atoms with Gasteiger partial charge in [-0.2, -0.15) is 0 Å². The number of fused-ring (bicyclic) bond motifs is 4. The molecule has 0 fully saturated rings. The summed E-state index contributed by atoms with van der Waals surface area (Å²) in [4.78, 5) is 7.34. The second-order valence-corrected chi connectivity index (χ2v) is 15.8. The maximum Gasteiger partial charge on any atom is 0.0714 e. The lowest BCUT2D eigenvalue weighted by Gasteiger charge is -2.32. The number of anilines is 3. The van der Waals surface area contributed by atoms with Crippen LogP contribution >= 0.6 is 0 Å². The Morgan fingerprint density at radius 3 is 1.68 bits per heavy atom. The standard InChI is InChI=1S/C58H46N2/c1-3-58(4-2)54-37-42(31-35-51(54)52-36-34-49(39-55(52)58)60(47-21-10-6-11-22-47)48-23-12-7-13-24-48)28-27-41-29-32-44(33-30-41)57-50(43-17-8-5-9-18-43)25-16-26-53(57)56-38-45-19-14-15-20-46(45)40-59-56/h5-40H,3-4H2,1-2H3/b28-27+. The Bertz CT molecular complexity index is 2940. The summed E-state index contributed by atoms with van der Waals surface area (Å²) in [7, 11) is 0. The normalized spacial score (nSPS) is 12.7. The highest BCUT2D eigenvalue weighted by Gasteiger charge is 2.41. The van der Waals surface area contributed by atoms with E-state index in [2.05, 4.69) is 231 Å². The van der Waals surface area contributed by atoms with Crippen LogP contribution in [0.2, 0.25) is 0 Å². The molecule has 0 saturated carbocycles. The lowest BCUT2D eigenvalue weighted by molar-refractivity contribution is 0.490. The number of rotatable bonds is 10. The number of benzene rings is 8. The van der Waals surface area contributed by atoms with E-state index in [1.54, 1.807) is 0 Å². The molecule has 10 rings (SSSR count). The summed E-state index contributed by atoms with van der Waals surface area (Å²) in [6.45, 7) is 4.70. The van der Waals surface area contributed by atoms with Crippen molar-refractivity contribution < 1.29 is 0 Å². The van der Waals surface area contributed by atoms with Crippen molar-refractivity contribution in [3.8, 4) is 44.6 Å². The van der Waals surface area contributed by atoms with Crippen LogP contribution in [0.3, 0.4) is 0 Å². The van der Waals surface area contributed by atoms with Crippen molar-refractivity contribution >= 4 is 40.0 Å². The average molecular weight is 771 g/mol. The summed E-state index contributed by atoms with van der Waals surface area (Å²) in [6, 6.07) is 72.5. The summed E-state index contributed by atoms with van der Waals surface area (Å²) in [5.74, 6) is 0. The van der Waals surface area contributed by atoms with Crippen molar-refractivity contribution in [2.45, 2.75) is 32.1 Å². The van der Waals surface area contributed by atoms with Crippen LogP contribution in [0.1, 0.15) is 48.9 Å². The third kappa shape index (κ3) is 6.61. The Labute approximate surface area is 353 Å². The van der Waals surface area contributed by atoms with E-state index in [0.717, 1.165) is 46.4 Å². The number of pyridine rings is 1. The van der Waals surface area contributed by atoms with Gasteiger partial charge in [0.05, 0.1) is 5.69 Å². The molecule has 0 N–H and O–H groups in total. The first-order valence-corrected chi connectivity index (χ1v) is 21.2. The Balaban J connectivity index is 0.983. The molecule has 0 amide bonds. The highest BCUT2D eigenvalue weighted by Crippen LogP contribution is 2.54. The van der Waals surface area contributed by atoms with E-state index in [-0.39, 0.29) is 5.41 Å². The van der Waals surface area contributed by atoms with Crippen molar-refractivity contribution in [2.75, 3.05) is 4.90 Å². The third-order valence-corrected chi connectivity index (χ3v) is 12.6. The minimum absolute atomic E-state index is 0.0744. The molecule has 0 atom stereocenters. The molecule has 1 aliphatic rings. The second kappa shape index (κ2) is 15.8. The fourth-order valence-corrected chi connectivity index (χ4v) is 9.48. The molecule has 1 aliphatic carbocycles. The maximum absolute atomic E-state index is 4.96. The molecule has 0 radical (unpaired) electrons. The first-order valence-electron chi connectivity index (χ1n) is 21.2. The van der Waals surface area contributed by atoms with Gasteiger partial charge in [0.25, 0.3) is 0 Å². The van der Waals surface area contributed by atoms with E-state index < -0.39 is 0 Å². The molecule has 0 aliphatic heterocycles. The van der Waals surface area contributed by atoms with Crippen LogP contribution in [0.25, 0.3) is 67.6 Å². The Kier molecular flexibility index (Phi) is 9.75. The van der Waals surface area contributed by atoms with Crippen LogP contribution in [0.4, 0.5) is 17.1 Å². The molecular weight excluding hydrogens is 725 g/mol. The van der Waals surface area contributed by atoms with Gasteiger partial charge in [0.1, 0.15) is 0 Å². The van der Waals surface area contributed by atoms with Gasteiger partial charge in [-0.25, -0.2) is 0 Å². The van der Waals surface area contributed by atoms with E-state index in [1.165, 1.54) is 61.1 Å². The Morgan fingerprint density at radius 1 is 0.433 bits per heavy atom. The van der Waals surface area contributed by atoms with Crippen molar-refractivity contribution in [3.63, 3.8) is 0 Å². The number of nitrogens with zero attached hydrogens (tertiary/aromatic N) is 2. The molecule has 2 heteroatoms. The number of hydrogen-bond acceptors (Lipinski definition) is 2. The zero-order valence-corrected chi connectivity index (χ0v) is 34.1. The summed E-state index contributed by atoms with van der Waals surface area (Å²) in [6.07, 6.45) is 8.56. The van der Waals surface area contributed by atoms with Crippen LogP contribution in [0.15, 0.2) is 206 Å². The fraction of sp³-hybridized carbons (Fsp3) is 0.0862. The summed E-state index contributed by atoms with van der Waals surface area (Å²) in [5, 5.41) is 2.33. The van der Waals surface area contributed by atoms with Gasteiger partial charge >= 0.3 is 0 Å². The maximum atomic E-state index is 4.96. The van der Waals surface area contributed by atoms with Gasteiger partial charge in [-0.05, 0) is 116 Å². The molecule has 1 heterocycles. The largest absolute Gasteiger partial charge is 0.310 e. The van der Waals surface area contributed by atoms with Crippen molar-refractivity contribution in [1.82, 2.24) is 4.98 Å². The van der Waals surface area contributed by atoms with E-state index in [1.807, 2.05) is 6.20 Å². The van der Waals surface area contributed by atoms with Crippen LogP contribution in [0.5, 0.6) is 0 Å². The van der Waals surface area contributed by atoms with Crippen molar-refractivity contribution in [3.05, 3.63) is 229 Å². The van der Waals surface area contributed by atoms with Gasteiger partial charge in [-0.15, -0.1) is 0 Å². The quantitative estimate of drug-likeness (QED) is 0.129. The molecule has 0 unspecified atom stereocenters. The van der Waals surface area contributed by atoms with Crippen molar-refractivity contribution in [2.24, 2.45) is 0 Å². The Morgan fingerprint density at radius 2 is 1.00 bits per heavy atom. The van der Waals surface area contributed by atoms with Gasteiger partial charge < -0.3 is 4.90 Å². The third-order valence-electron chi connectivity index (χ3n) is 12.6. The highest BCUT2D eigenvalue weighted by atomic mass is 15.1. The van der Waals surface area contributed by atoms with Gasteiger partial charge in [0, 0.05) is 39.6 Å². The predicted molar refractivity (Wildman–Crippen MR) is 255 cm³/mol. The molecule has 9 aromatic rings. The molecule has 2 nitrogen and oxygen atoms in total. The lowest BCUT2D eigenvalue weighted by atomic mass is 9.73. The summed E-state index contributed by atoms with van der Waals surface area (Å²) < 4.78 is 0. The lowest BCUT2D eigenvalue weighted by Crippen LogP contribution is -2.23. The van der Waals surface area contributed by atoms with E-state index in [0.29, 0.717) is 0 Å². The SMILES string of the molecule is CCC1(CC)c2cc(/C=C/c3ccc(-c4c(-c5ccccc5)cccc4-c4cc5ccccc5cn4)cc3)ccc2-c2ccc(N(c3ccccc3)c3ccccc3)cc21. The second-order valence-electron chi connectivity index (χ2n) is 15.8. The average Bonchev–Trinajstić information content (AvgIpc) is 3.60. The molecule has 0 saturated heterocycles. The molecule has 0 spiro atoms. The number of hydrogen-bond donors (Lipinski definition) is 0. The molecule has 0 bridgehead atoms. The summed E-state index contributed by atoms with van der Waals surface area (Å²) in [5.41, 5.74) is 18.2. The molecule has 60 heavy (non-hydrogen) atoms. The first kappa shape index (κ1) is 37.0. The van der Waals surface area contributed by atoms with Gasteiger partial charge in [-0.3, -0.25) is 4.98 Å². The first-order chi connectivity index (χ1) is 29.6. The minimum Gasteiger partial charge on any atom is -0.310 e. The highest BCUT2D eigenvalue weighted by molar-refractivity contribution is 5.96. The fourth-order valence-electron chi connectivity index (χ4n) is 9.48. The van der Waals surface area contributed by atoms with Gasteiger partial charge in [0.2, 0.25) is 0 Å². The Hall–Kier alpha value is -7.29. The van der Waals surface area contributed by atoms with E-state index in [4.69, 9.17) is 4.98 Å². The van der Waals surface area contributed by atoms with Crippen molar-refractivity contribution in [1.29, 1.82) is 0 Å². The molecule has 1 aromatic heterocycles. The number of para-hydroxylation sites is 2. The van der Waals surface area contributed by atoms with Crippen LogP contribution in [-0.2, 0) is 5.41 Å². The van der Waals surface area contributed by atoms with E-state index in [9.17, 15) is 0 Å². The van der Waals surface area contributed by atoms with Crippen LogP contribution < -0.4 is 4.90 Å². The van der Waals surface area contributed by atoms with Crippen LogP contribution in [-0.4, -0.2) is 4.98 Å². The zero-order valence-electron chi connectivity index (χ0n) is 34.1. The van der Waals surface area contributed by atoms with Crippen LogP contribution in [0, 0.1) is 0 Å². The molecule has 288 valence electrons. The smallest absolute Gasteiger partial charge is 0.0714 e. The number of aromatic nitrogens is 1. The monoisotopic (exact) mass is 770 g/mol. The predicted octanol–water partition coefficient (Wildman–Crippen LogP) is 16.0. The van der Waals surface area contributed by atoms with E-state index >= 15 is 0 Å². The topological polar surface area (TPSA) is 16.1 Å². The summed E-state index contributed by atoms with van der Waals surface area (Å²) >= 11 is 0. The minimum atomic E-state index is -0.0744. The molecular formula is C58H46N2. The molecule has 8 aromatic carbocycles.